The Bertz CT molecular complexity index is 1640. The Morgan fingerprint density at radius 3 is 2.59 bits per heavy atom. The number of amides is 3. The Morgan fingerprint density at radius 1 is 1.10 bits per heavy atom. The SMILES string of the molecule is Cc1ccc(S[C@@]2(C(=O)N3CCNC(=O)C3)CC(=O)N(Cc3ccc(Cl)cc3)[C@@H]2c2c[nH]c3cc(Br)ccc23)cc1. The van der Waals surface area contributed by atoms with E-state index < -0.39 is 10.8 Å². The summed E-state index contributed by atoms with van der Waals surface area (Å²) in [6.45, 7) is 3.06. The van der Waals surface area contributed by atoms with E-state index in [1.807, 2.05) is 84.8 Å². The van der Waals surface area contributed by atoms with Crippen LogP contribution in [0.25, 0.3) is 10.9 Å². The predicted octanol–water partition coefficient (Wildman–Crippen LogP) is 5.86. The van der Waals surface area contributed by atoms with E-state index >= 15 is 0 Å². The summed E-state index contributed by atoms with van der Waals surface area (Å²) in [5.41, 5.74) is 3.78. The summed E-state index contributed by atoms with van der Waals surface area (Å²) in [5.74, 6) is -0.525. The van der Waals surface area contributed by atoms with Crippen molar-refractivity contribution in [2.24, 2.45) is 0 Å². The Morgan fingerprint density at radius 2 is 1.85 bits per heavy atom. The van der Waals surface area contributed by atoms with Crippen LogP contribution in [0, 0.1) is 6.92 Å². The molecule has 2 atom stereocenters. The molecule has 10 heteroatoms. The molecular weight excluding hydrogens is 624 g/mol. The zero-order valence-electron chi connectivity index (χ0n) is 22.3. The molecule has 7 nitrogen and oxygen atoms in total. The lowest BCUT2D eigenvalue weighted by atomic mass is 9.90. The monoisotopic (exact) mass is 650 g/mol. The Balaban J connectivity index is 1.53. The molecule has 0 saturated carbocycles. The van der Waals surface area contributed by atoms with E-state index in [-0.39, 0.29) is 30.7 Å². The van der Waals surface area contributed by atoms with E-state index in [1.165, 1.54) is 11.8 Å². The van der Waals surface area contributed by atoms with Gasteiger partial charge in [0.25, 0.3) is 0 Å². The maximum Gasteiger partial charge on any atom is 0.242 e. The number of piperazine rings is 1. The zero-order valence-corrected chi connectivity index (χ0v) is 25.5. The molecule has 4 aromatic rings. The van der Waals surface area contributed by atoms with Gasteiger partial charge in [0.1, 0.15) is 4.75 Å². The van der Waals surface area contributed by atoms with Gasteiger partial charge in [0.15, 0.2) is 0 Å². The van der Waals surface area contributed by atoms with Crippen molar-refractivity contribution in [1.29, 1.82) is 0 Å². The molecule has 210 valence electrons. The minimum atomic E-state index is -1.21. The van der Waals surface area contributed by atoms with Crippen LogP contribution in [0.2, 0.25) is 5.02 Å². The zero-order chi connectivity index (χ0) is 28.7. The molecule has 3 aromatic carbocycles. The van der Waals surface area contributed by atoms with Crippen molar-refractivity contribution in [3.05, 3.63) is 99.1 Å². The number of likely N-dealkylation sites (tertiary alicyclic amines) is 1. The predicted molar refractivity (Wildman–Crippen MR) is 165 cm³/mol. The number of hydrogen-bond acceptors (Lipinski definition) is 4. The maximum atomic E-state index is 14.7. The van der Waals surface area contributed by atoms with Crippen LogP contribution in [0.1, 0.15) is 29.2 Å². The number of aryl methyl sites for hydroxylation is 1. The van der Waals surface area contributed by atoms with Gasteiger partial charge in [-0.25, -0.2) is 0 Å². The number of aromatic amines is 1. The van der Waals surface area contributed by atoms with Crippen LogP contribution in [-0.2, 0) is 20.9 Å². The first-order valence-electron chi connectivity index (χ1n) is 13.4. The summed E-state index contributed by atoms with van der Waals surface area (Å²) in [7, 11) is 0. The molecule has 2 fully saturated rings. The highest BCUT2D eigenvalue weighted by Crippen LogP contribution is 2.55. The number of H-pyrrole nitrogens is 1. The van der Waals surface area contributed by atoms with E-state index in [4.69, 9.17) is 11.6 Å². The summed E-state index contributed by atoms with van der Waals surface area (Å²) in [6, 6.07) is 20.8. The van der Waals surface area contributed by atoms with E-state index in [9.17, 15) is 14.4 Å². The lowest BCUT2D eigenvalue weighted by Crippen LogP contribution is -2.57. The van der Waals surface area contributed by atoms with Gasteiger partial charge in [-0.1, -0.05) is 63.4 Å². The van der Waals surface area contributed by atoms with Crippen LogP contribution >= 0.6 is 39.3 Å². The van der Waals surface area contributed by atoms with Gasteiger partial charge in [0.05, 0.1) is 19.0 Å². The molecule has 2 aliphatic heterocycles. The minimum absolute atomic E-state index is 0.00392. The third-order valence-electron chi connectivity index (χ3n) is 7.73. The number of aromatic nitrogens is 1. The van der Waals surface area contributed by atoms with Crippen molar-refractivity contribution < 1.29 is 14.4 Å². The normalized spacial score (nSPS) is 21.0. The number of rotatable bonds is 6. The standard InChI is InChI=1S/C31H28BrClN4O3S/c1-19-2-9-23(10-3-19)41-31(30(40)36-13-12-34-27(38)18-36)15-28(39)37(17-20-4-7-22(33)8-5-20)29(31)25-16-35-26-14-21(32)6-11-24(25)26/h2-11,14,16,29,35H,12-13,15,17-18H2,1H3,(H,34,38)/t29-,31+/m1/s1. The van der Waals surface area contributed by atoms with Crippen molar-refractivity contribution in [3.63, 3.8) is 0 Å². The molecule has 41 heavy (non-hydrogen) atoms. The molecule has 0 spiro atoms. The molecule has 6 rings (SSSR count). The van der Waals surface area contributed by atoms with Gasteiger partial charge < -0.3 is 20.1 Å². The Hall–Kier alpha value is -3.27. The van der Waals surface area contributed by atoms with E-state index in [0.29, 0.717) is 24.7 Å². The van der Waals surface area contributed by atoms with Gasteiger partial charge >= 0.3 is 0 Å². The summed E-state index contributed by atoms with van der Waals surface area (Å²) in [6.07, 6.45) is 1.92. The van der Waals surface area contributed by atoms with E-state index in [0.717, 1.165) is 37.0 Å². The molecule has 0 bridgehead atoms. The second-order valence-corrected chi connectivity index (χ2v) is 13.3. The fraction of sp³-hybridized carbons (Fsp3) is 0.258. The number of hydrogen-bond donors (Lipinski definition) is 2. The lowest BCUT2D eigenvalue weighted by Gasteiger charge is -2.40. The molecule has 0 radical (unpaired) electrons. The van der Waals surface area contributed by atoms with Gasteiger partial charge in [-0.3, -0.25) is 14.4 Å². The van der Waals surface area contributed by atoms with Gasteiger partial charge in [0.2, 0.25) is 17.7 Å². The van der Waals surface area contributed by atoms with Crippen LogP contribution in [0.4, 0.5) is 0 Å². The van der Waals surface area contributed by atoms with Crippen LogP contribution < -0.4 is 5.32 Å². The minimum Gasteiger partial charge on any atom is -0.361 e. The van der Waals surface area contributed by atoms with Crippen molar-refractivity contribution in [2.45, 2.75) is 35.6 Å². The van der Waals surface area contributed by atoms with Crippen molar-refractivity contribution >= 4 is 67.9 Å². The molecule has 2 aliphatic rings. The summed E-state index contributed by atoms with van der Waals surface area (Å²) >= 11 is 11.1. The highest BCUT2D eigenvalue weighted by molar-refractivity contribution is 9.10. The number of halogens is 2. The number of nitrogens with zero attached hydrogens (tertiary/aromatic N) is 2. The summed E-state index contributed by atoms with van der Waals surface area (Å²) in [5, 5.41) is 4.36. The van der Waals surface area contributed by atoms with Crippen LogP contribution in [0.3, 0.4) is 0 Å². The number of carbonyl (C=O) groups excluding carboxylic acids is 3. The first-order chi connectivity index (χ1) is 19.7. The van der Waals surface area contributed by atoms with Gasteiger partial charge in [-0.2, -0.15) is 0 Å². The number of benzene rings is 3. The summed E-state index contributed by atoms with van der Waals surface area (Å²) in [4.78, 5) is 48.9. The highest BCUT2D eigenvalue weighted by Gasteiger charge is 2.60. The van der Waals surface area contributed by atoms with Crippen molar-refractivity contribution in [1.82, 2.24) is 20.1 Å². The van der Waals surface area contributed by atoms with Gasteiger partial charge in [-0.15, -0.1) is 11.8 Å². The fourth-order valence-corrected chi connectivity index (χ4v) is 7.73. The largest absolute Gasteiger partial charge is 0.361 e. The molecule has 1 aromatic heterocycles. The molecule has 3 heterocycles. The first kappa shape index (κ1) is 27.9. The molecule has 2 saturated heterocycles. The number of fused-ring (bicyclic) bond motifs is 1. The maximum absolute atomic E-state index is 14.7. The highest BCUT2D eigenvalue weighted by atomic mass is 79.9. The van der Waals surface area contributed by atoms with Gasteiger partial charge in [-0.05, 0) is 48.9 Å². The fourth-order valence-electron chi connectivity index (χ4n) is 5.78. The molecule has 0 aliphatic carbocycles. The van der Waals surface area contributed by atoms with Crippen LogP contribution in [-0.4, -0.2) is 56.9 Å². The second kappa shape index (κ2) is 11.2. The lowest BCUT2D eigenvalue weighted by molar-refractivity contribution is -0.140. The van der Waals surface area contributed by atoms with Gasteiger partial charge in [0, 0.05) is 56.7 Å². The van der Waals surface area contributed by atoms with E-state index in [1.54, 1.807) is 4.90 Å². The first-order valence-corrected chi connectivity index (χ1v) is 15.3. The number of thioether (sulfide) groups is 1. The smallest absolute Gasteiger partial charge is 0.242 e. The molecule has 3 amide bonds. The third-order valence-corrected chi connectivity index (χ3v) is 9.89. The Kier molecular flexibility index (Phi) is 7.61. The topological polar surface area (TPSA) is 85.5 Å². The molecular formula is C31H28BrClN4O3S. The van der Waals surface area contributed by atoms with Crippen LogP contribution in [0.5, 0.6) is 0 Å². The van der Waals surface area contributed by atoms with Crippen molar-refractivity contribution in [3.8, 4) is 0 Å². The quantitative estimate of drug-likeness (QED) is 0.274. The average Bonchev–Trinajstić information content (AvgIpc) is 3.48. The third kappa shape index (κ3) is 5.38. The summed E-state index contributed by atoms with van der Waals surface area (Å²) < 4.78 is -0.284. The second-order valence-electron chi connectivity index (χ2n) is 10.5. The van der Waals surface area contributed by atoms with Crippen molar-refractivity contribution in [2.75, 3.05) is 19.6 Å². The molecule has 2 N–H and O–H groups in total. The number of nitrogens with one attached hydrogen (secondary N) is 2. The number of carbonyl (C=O) groups is 3. The van der Waals surface area contributed by atoms with E-state index in [2.05, 4.69) is 26.2 Å². The average molecular weight is 652 g/mol. The Labute approximate surface area is 255 Å². The van der Waals surface area contributed by atoms with Crippen LogP contribution in [0.15, 0.2) is 82.3 Å². The molecule has 0 unspecified atom stereocenters.